The number of halogens is 2. The average Bonchev–Trinajstić information content (AvgIpc) is 2.46. The van der Waals surface area contributed by atoms with Gasteiger partial charge < -0.3 is 5.73 Å². The van der Waals surface area contributed by atoms with Crippen molar-refractivity contribution in [2.75, 3.05) is 0 Å². The van der Waals surface area contributed by atoms with Crippen LogP contribution in [0.15, 0.2) is 48.5 Å². The molecule has 2 nitrogen and oxygen atoms in total. The van der Waals surface area contributed by atoms with Crippen molar-refractivity contribution in [2.24, 2.45) is 5.73 Å². The average molecular weight is 301 g/mol. The van der Waals surface area contributed by atoms with E-state index in [1.54, 1.807) is 12.1 Å². The third kappa shape index (κ3) is 2.62. The van der Waals surface area contributed by atoms with Crippen molar-refractivity contribution in [3.63, 3.8) is 0 Å². The Kier molecular flexibility index (Phi) is 3.62. The number of pyridine rings is 1. The first kappa shape index (κ1) is 14.0. The van der Waals surface area contributed by atoms with Crippen LogP contribution in [-0.4, -0.2) is 4.98 Å². The Bertz CT molecular complexity index is 815. The molecule has 1 aromatic heterocycles. The molecule has 0 amide bonds. The van der Waals surface area contributed by atoms with Crippen LogP contribution in [0.5, 0.6) is 0 Å². The van der Waals surface area contributed by atoms with E-state index in [1.807, 2.05) is 31.2 Å². The number of nitrogens with two attached hydrogens (primary N) is 1. The van der Waals surface area contributed by atoms with Gasteiger partial charge in [-0.1, -0.05) is 29.8 Å². The maximum absolute atomic E-state index is 13.4. The minimum atomic E-state index is -0.311. The monoisotopic (exact) mass is 300 g/mol. The Hall–Kier alpha value is -1.97. The molecule has 0 saturated heterocycles. The SMILES string of the molecule is CC(N)c1cc2ccc(F)cc2nc1-c1ccccc1Cl. The van der Waals surface area contributed by atoms with Gasteiger partial charge in [0.15, 0.2) is 0 Å². The van der Waals surface area contributed by atoms with Crippen molar-refractivity contribution in [2.45, 2.75) is 13.0 Å². The fourth-order valence-electron chi connectivity index (χ4n) is 2.37. The third-order valence-corrected chi connectivity index (χ3v) is 3.76. The highest BCUT2D eigenvalue weighted by molar-refractivity contribution is 6.33. The first-order valence-corrected chi connectivity index (χ1v) is 7.05. The van der Waals surface area contributed by atoms with Crippen molar-refractivity contribution in [3.8, 4) is 11.3 Å². The van der Waals surface area contributed by atoms with Gasteiger partial charge in [0.1, 0.15) is 5.82 Å². The first-order chi connectivity index (χ1) is 10.1. The standard InChI is InChI=1S/C17H14ClFN2/c1-10(20)14-8-11-6-7-12(19)9-16(11)21-17(14)13-4-2-3-5-15(13)18/h2-10H,20H2,1H3. The topological polar surface area (TPSA) is 38.9 Å². The van der Waals surface area contributed by atoms with Crippen molar-refractivity contribution < 1.29 is 4.39 Å². The van der Waals surface area contributed by atoms with Crippen LogP contribution in [0, 0.1) is 5.82 Å². The van der Waals surface area contributed by atoms with E-state index in [-0.39, 0.29) is 11.9 Å². The van der Waals surface area contributed by atoms with Gasteiger partial charge in [0.25, 0.3) is 0 Å². The molecule has 0 fully saturated rings. The van der Waals surface area contributed by atoms with Crippen molar-refractivity contribution in [1.29, 1.82) is 0 Å². The molecular formula is C17H14ClFN2. The van der Waals surface area contributed by atoms with Crippen molar-refractivity contribution in [3.05, 3.63) is 64.9 Å². The van der Waals surface area contributed by atoms with Crippen LogP contribution in [-0.2, 0) is 0 Å². The van der Waals surface area contributed by atoms with Crippen molar-refractivity contribution in [1.82, 2.24) is 4.98 Å². The molecule has 3 rings (SSSR count). The number of benzene rings is 2. The van der Waals surface area contributed by atoms with E-state index in [2.05, 4.69) is 4.98 Å². The molecule has 106 valence electrons. The molecule has 0 aliphatic carbocycles. The zero-order valence-electron chi connectivity index (χ0n) is 11.5. The second kappa shape index (κ2) is 5.43. The number of hydrogen-bond acceptors (Lipinski definition) is 2. The highest BCUT2D eigenvalue weighted by Gasteiger charge is 2.14. The normalized spacial score (nSPS) is 12.6. The highest BCUT2D eigenvalue weighted by Crippen LogP contribution is 2.33. The molecule has 1 heterocycles. The number of hydrogen-bond donors (Lipinski definition) is 1. The Morgan fingerprint density at radius 3 is 2.62 bits per heavy atom. The summed E-state index contributed by atoms with van der Waals surface area (Å²) in [4.78, 5) is 4.58. The molecule has 0 aliphatic heterocycles. The summed E-state index contributed by atoms with van der Waals surface area (Å²) < 4.78 is 13.4. The maximum atomic E-state index is 13.4. The second-order valence-electron chi connectivity index (χ2n) is 5.03. The van der Waals surface area contributed by atoms with Crippen LogP contribution in [0.4, 0.5) is 4.39 Å². The molecule has 3 aromatic rings. The summed E-state index contributed by atoms with van der Waals surface area (Å²) in [5.41, 5.74) is 9.05. The summed E-state index contributed by atoms with van der Waals surface area (Å²) in [6, 6.07) is 13.7. The van der Waals surface area contributed by atoms with Gasteiger partial charge in [-0.15, -0.1) is 0 Å². The Labute approximate surface area is 127 Å². The number of nitrogens with zero attached hydrogens (tertiary/aromatic N) is 1. The van der Waals surface area contributed by atoms with Gasteiger partial charge in [-0.2, -0.15) is 0 Å². The lowest BCUT2D eigenvalue weighted by Crippen LogP contribution is -2.08. The minimum Gasteiger partial charge on any atom is -0.324 e. The summed E-state index contributed by atoms with van der Waals surface area (Å²) in [7, 11) is 0. The van der Waals surface area contributed by atoms with Gasteiger partial charge in [-0.25, -0.2) is 9.37 Å². The summed E-state index contributed by atoms with van der Waals surface area (Å²) in [5, 5.41) is 1.46. The van der Waals surface area contributed by atoms with Crippen LogP contribution in [0.3, 0.4) is 0 Å². The molecule has 21 heavy (non-hydrogen) atoms. The van der Waals surface area contributed by atoms with E-state index in [9.17, 15) is 4.39 Å². The number of rotatable bonds is 2. The number of aromatic nitrogens is 1. The summed E-state index contributed by atoms with van der Waals surface area (Å²) in [6.45, 7) is 1.90. The molecule has 0 spiro atoms. The zero-order chi connectivity index (χ0) is 15.0. The van der Waals surface area contributed by atoms with Crippen LogP contribution < -0.4 is 5.73 Å². The van der Waals surface area contributed by atoms with E-state index >= 15 is 0 Å². The lowest BCUT2D eigenvalue weighted by atomic mass is 9.99. The van der Waals surface area contributed by atoms with Crippen LogP contribution >= 0.6 is 11.6 Å². The van der Waals surface area contributed by atoms with Gasteiger partial charge in [0.05, 0.1) is 11.2 Å². The Balaban J connectivity index is 2.34. The van der Waals surface area contributed by atoms with E-state index in [0.29, 0.717) is 16.2 Å². The quantitative estimate of drug-likeness (QED) is 0.744. The lowest BCUT2D eigenvalue weighted by Gasteiger charge is -2.14. The fourth-order valence-corrected chi connectivity index (χ4v) is 2.60. The summed E-state index contributed by atoms with van der Waals surface area (Å²) >= 11 is 6.26. The van der Waals surface area contributed by atoms with E-state index in [4.69, 9.17) is 17.3 Å². The van der Waals surface area contributed by atoms with E-state index in [1.165, 1.54) is 12.1 Å². The molecule has 1 unspecified atom stereocenters. The zero-order valence-corrected chi connectivity index (χ0v) is 12.2. The molecular weight excluding hydrogens is 287 g/mol. The molecule has 0 saturated carbocycles. The summed E-state index contributed by atoms with van der Waals surface area (Å²) in [6.07, 6.45) is 0. The van der Waals surface area contributed by atoms with Crippen molar-refractivity contribution >= 4 is 22.5 Å². The van der Waals surface area contributed by atoms with Gasteiger partial charge in [0.2, 0.25) is 0 Å². The Morgan fingerprint density at radius 1 is 1.14 bits per heavy atom. The van der Waals surface area contributed by atoms with Crippen LogP contribution in [0.1, 0.15) is 18.5 Å². The minimum absolute atomic E-state index is 0.196. The molecule has 0 aliphatic rings. The third-order valence-electron chi connectivity index (χ3n) is 3.43. The molecule has 2 N–H and O–H groups in total. The molecule has 0 radical (unpaired) electrons. The first-order valence-electron chi connectivity index (χ1n) is 6.67. The molecule has 1 atom stereocenters. The van der Waals surface area contributed by atoms with Gasteiger partial charge >= 0.3 is 0 Å². The van der Waals surface area contributed by atoms with Gasteiger partial charge in [-0.05, 0) is 36.8 Å². The lowest BCUT2D eigenvalue weighted by molar-refractivity contribution is 0.629. The molecule has 0 bridgehead atoms. The summed E-state index contributed by atoms with van der Waals surface area (Å²) in [5.74, 6) is -0.311. The maximum Gasteiger partial charge on any atom is 0.125 e. The van der Waals surface area contributed by atoms with Gasteiger partial charge in [-0.3, -0.25) is 0 Å². The van der Waals surface area contributed by atoms with E-state index < -0.39 is 0 Å². The van der Waals surface area contributed by atoms with Crippen LogP contribution in [0.25, 0.3) is 22.2 Å². The smallest absolute Gasteiger partial charge is 0.125 e. The van der Waals surface area contributed by atoms with Crippen LogP contribution in [0.2, 0.25) is 5.02 Å². The Morgan fingerprint density at radius 2 is 1.90 bits per heavy atom. The second-order valence-corrected chi connectivity index (χ2v) is 5.44. The predicted octanol–water partition coefficient (Wildman–Crippen LogP) is 4.71. The fraction of sp³-hybridized carbons (Fsp3) is 0.118. The molecule has 2 aromatic carbocycles. The predicted molar refractivity (Wildman–Crippen MR) is 84.7 cm³/mol. The molecule has 4 heteroatoms. The van der Waals surface area contributed by atoms with Gasteiger partial charge in [0, 0.05) is 28.1 Å². The number of fused-ring (bicyclic) bond motifs is 1. The largest absolute Gasteiger partial charge is 0.324 e. The van der Waals surface area contributed by atoms with E-state index in [0.717, 1.165) is 16.5 Å². The highest BCUT2D eigenvalue weighted by atomic mass is 35.5.